The zero-order chi connectivity index (χ0) is 10.7. The van der Waals surface area contributed by atoms with Crippen LogP contribution in [0.1, 0.15) is 5.56 Å². The van der Waals surface area contributed by atoms with E-state index in [0.717, 1.165) is 11.3 Å². The average molecular weight is 203 g/mol. The normalized spacial score (nSPS) is 10.5. The fourth-order valence-electron chi connectivity index (χ4n) is 1.47. The van der Waals surface area contributed by atoms with E-state index in [1.165, 1.54) is 5.56 Å². The number of benzene rings is 1. The fourth-order valence-corrected chi connectivity index (χ4v) is 1.47. The average Bonchev–Trinajstić information content (AvgIpc) is 2.68. The van der Waals surface area contributed by atoms with Crippen LogP contribution in [0.5, 0.6) is 0 Å². The third-order valence-corrected chi connectivity index (χ3v) is 2.28. The highest BCUT2D eigenvalue weighted by molar-refractivity contribution is 5.58. The van der Waals surface area contributed by atoms with Crippen LogP contribution < -0.4 is 0 Å². The Labute approximate surface area is 88.2 Å². The van der Waals surface area contributed by atoms with Crippen molar-refractivity contribution in [2.45, 2.75) is 13.5 Å². The van der Waals surface area contributed by atoms with Gasteiger partial charge in [-0.05, 0) is 6.92 Å². The molecule has 0 saturated carbocycles. The first kappa shape index (κ1) is 9.86. The molecule has 0 aliphatic carbocycles. The molecule has 1 heterocycles. The lowest BCUT2D eigenvalue weighted by Crippen LogP contribution is -2.05. The minimum Gasteiger partial charge on any atom is -0.394 e. The van der Waals surface area contributed by atoms with E-state index in [2.05, 4.69) is 10.3 Å². The number of nitrogens with zero attached hydrogens (tertiary/aromatic N) is 3. The van der Waals surface area contributed by atoms with Crippen LogP contribution in [-0.4, -0.2) is 26.7 Å². The number of aliphatic hydroxyl groups is 1. The lowest BCUT2D eigenvalue weighted by molar-refractivity contribution is 0.269. The summed E-state index contributed by atoms with van der Waals surface area (Å²) < 4.78 is 1.70. The Bertz CT molecular complexity index is 433. The molecule has 0 unspecified atom stereocenters. The second-order valence-electron chi connectivity index (χ2n) is 3.43. The summed E-state index contributed by atoms with van der Waals surface area (Å²) >= 11 is 0. The van der Waals surface area contributed by atoms with Crippen molar-refractivity contribution in [2.75, 3.05) is 6.61 Å². The summed E-state index contributed by atoms with van der Waals surface area (Å²) in [7, 11) is 0. The summed E-state index contributed by atoms with van der Waals surface area (Å²) in [5.41, 5.74) is 3.23. The maximum absolute atomic E-state index is 8.86. The molecule has 0 spiro atoms. The zero-order valence-corrected chi connectivity index (χ0v) is 8.59. The van der Waals surface area contributed by atoms with Gasteiger partial charge in [0.05, 0.1) is 25.0 Å². The Morgan fingerprint density at radius 2 is 2.00 bits per heavy atom. The van der Waals surface area contributed by atoms with Crippen LogP contribution in [0.15, 0.2) is 30.5 Å². The van der Waals surface area contributed by atoms with E-state index < -0.39 is 0 Å². The van der Waals surface area contributed by atoms with Crippen LogP contribution in [0, 0.1) is 6.92 Å². The lowest BCUT2D eigenvalue weighted by atomic mass is 10.1. The zero-order valence-electron chi connectivity index (χ0n) is 8.59. The molecule has 0 amide bonds. The predicted molar refractivity (Wildman–Crippen MR) is 57.3 cm³/mol. The minimum atomic E-state index is 0.0716. The van der Waals surface area contributed by atoms with Crippen molar-refractivity contribution >= 4 is 0 Å². The van der Waals surface area contributed by atoms with Gasteiger partial charge in [0.1, 0.15) is 0 Å². The van der Waals surface area contributed by atoms with Gasteiger partial charge >= 0.3 is 0 Å². The van der Waals surface area contributed by atoms with Crippen molar-refractivity contribution in [2.24, 2.45) is 0 Å². The van der Waals surface area contributed by atoms with Gasteiger partial charge in [0, 0.05) is 5.56 Å². The van der Waals surface area contributed by atoms with E-state index >= 15 is 0 Å². The second-order valence-corrected chi connectivity index (χ2v) is 3.43. The molecule has 2 aromatic rings. The predicted octanol–water partition coefficient (Wildman–Crippen LogP) is 1.25. The third-order valence-electron chi connectivity index (χ3n) is 2.28. The van der Waals surface area contributed by atoms with Crippen LogP contribution >= 0.6 is 0 Å². The molecule has 1 aromatic heterocycles. The summed E-state index contributed by atoms with van der Waals surface area (Å²) in [6.07, 6.45) is 1.71. The van der Waals surface area contributed by atoms with Crippen LogP contribution in [0.4, 0.5) is 0 Å². The molecule has 2 rings (SSSR count). The number of aromatic nitrogens is 3. The molecule has 1 aromatic carbocycles. The smallest absolute Gasteiger partial charge is 0.0886 e. The van der Waals surface area contributed by atoms with Gasteiger partial charge in [-0.3, -0.25) is 0 Å². The summed E-state index contributed by atoms with van der Waals surface area (Å²) in [6.45, 7) is 2.60. The quantitative estimate of drug-likeness (QED) is 0.816. The molecular formula is C11H13N3O. The van der Waals surface area contributed by atoms with Gasteiger partial charge in [-0.1, -0.05) is 35.0 Å². The fraction of sp³-hybridized carbons (Fsp3) is 0.273. The van der Waals surface area contributed by atoms with Crippen molar-refractivity contribution in [3.8, 4) is 11.3 Å². The highest BCUT2D eigenvalue weighted by Gasteiger charge is 2.05. The van der Waals surface area contributed by atoms with E-state index in [9.17, 15) is 0 Å². The van der Waals surface area contributed by atoms with Gasteiger partial charge in [-0.15, -0.1) is 5.10 Å². The van der Waals surface area contributed by atoms with Crippen molar-refractivity contribution < 1.29 is 5.11 Å². The van der Waals surface area contributed by atoms with Crippen molar-refractivity contribution in [3.05, 3.63) is 36.0 Å². The second kappa shape index (κ2) is 4.23. The van der Waals surface area contributed by atoms with Gasteiger partial charge in [0.15, 0.2) is 0 Å². The van der Waals surface area contributed by atoms with E-state index in [0.29, 0.717) is 6.54 Å². The Morgan fingerprint density at radius 1 is 1.27 bits per heavy atom. The monoisotopic (exact) mass is 203 g/mol. The topological polar surface area (TPSA) is 50.9 Å². The molecule has 78 valence electrons. The molecule has 15 heavy (non-hydrogen) atoms. The molecular weight excluding hydrogens is 190 g/mol. The molecule has 1 N–H and O–H groups in total. The summed E-state index contributed by atoms with van der Waals surface area (Å²) in [4.78, 5) is 0. The maximum Gasteiger partial charge on any atom is 0.0886 e. The first-order valence-corrected chi connectivity index (χ1v) is 4.87. The molecule has 4 heteroatoms. The molecule has 0 aliphatic heterocycles. The summed E-state index contributed by atoms with van der Waals surface area (Å²) in [5.74, 6) is 0. The van der Waals surface area contributed by atoms with Crippen LogP contribution in [0.3, 0.4) is 0 Å². The number of aliphatic hydroxyl groups excluding tert-OH is 1. The van der Waals surface area contributed by atoms with Gasteiger partial charge in [0.2, 0.25) is 0 Å². The maximum atomic E-state index is 8.86. The molecule has 0 bridgehead atoms. The Morgan fingerprint density at radius 3 is 2.67 bits per heavy atom. The van der Waals surface area contributed by atoms with Crippen molar-refractivity contribution in [1.29, 1.82) is 0 Å². The number of hydrogen-bond donors (Lipinski definition) is 1. The molecule has 0 atom stereocenters. The number of hydrogen-bond acceptors (Lipinski definition) is 3. The van der Waals surface area contributed by atoms with E-state index in [-0.39, 0.29) is 6.61 Å². The van der Waals surface area contributed by atoms with Crippen molar-refractivity contribution in [1.82, 2.24) is 15.0 Å². The number of aryl methyl sites for hydroxylation is 1. The Hall–Kier alpha value is -1.68. The molecule has 4 nitrogen and oxygen atoms in total. The lowest BCUT2D eigenvalue weighted by Gasteiger charge is -2.04. The van der Waals surface area contributed by atoms with Gasteiger partial charge in [-0.25, -0.2) is 4.68 Å². The third kappa shape index (κ3) is 2.05. The Balaban J connectivity index is 2.36. The molecule has 0 radical (unpaired) electrons. The van der Waals surface area contributed by atoms with Gasteiger partial charge < -0.3 is 5.11 Å². The van der Waals surface area contributed by atoms with E-state index in [1.807, 2.05) is 31.2 Å². The molecule has 0 fully saturated rings. The SMILES string of the molecule is Cc1ccc(-c2cnnn2CCO)cc1. The van der Waals surface area contributed by atoms with Crippen LogP contribution in [0.25, 0.3) is 11.3 Å². The number of rotatable bonds is 3. The highest BCUT2D eigenvalue weighted by Crippen LogP contribution is 2.17. The van der Waals surface area contributed by atoms with Crippen LogP contribution in [-0.2, 0) is 6.54 Å². The van der Waals surface area contributed by atoms with E-state index in [1.54, 1.807) is 10.9 Å². The minimum absolute atomic E-state index is 0.0716. The Kier molecular flexibility index (Phi) is 2.78. The standard InChI is InChI=1S/C11H13N3O/c1-9-2-4-10(5-3-9)11-8-12-13-14(11)6-7-15/h2-5,8,15H,6-7H2,1H3. The molecule has 0 saturated heterocycles. The molecule has 0 aliphatic rings. The van der Waals surface area contributed by atoms with Gasteiger partial charge in [0.25, 0.3) is 0 Å². The largest absolute Gasteiger partial charge is 0.394 e. The summed E-state index contributed by atoms with van der Waals surface area (Å²) in [5, 5.41) is 16.6. The van der Waals surface area contributed by atoms with E-state index in [4.69, 9.17) is 5.11 Å². The summed E-state index contributed by atoms with van der Waals surface area (Å²) in [6, 6.07) is 8.15. The van der Waals surface area contributed by atoms with Crippen molar-refractivity contribution in [3.63, 3.8) is 0 Å². The first-order valence-electron chi connectivity index (χ1n) is 4.87. The van der Waals surface area contributed by atoms with Crippen LogP contribution in [0.2, 0.25) is 0 Å². The highest BCUT2D eigenvalue weighted by atomic mass is 16.3. The van der Waals surface area contributed by atoms with Gasteiger partial charge in [-0.2, -0.15) is 0 Å². The first-order chi connectivity index (χ1) is 7.31.